The van der Waals surface area contributed by atoms with Crippen molar-refractivity contribution in [1.29, 1.82) is 0 Å². The number of imidazole rings is 1. The molecule has 0 aliphatic heterocycles. The summed E-state index contributed by atoms with van der Waals surface area (Å²) in [6.07, 6.45) is 7.24. The Labute approximate surface area is 187 Å². The Hall–Kier alpha value is -3.15. The maximum Gasteiger partial charge on any atom is 0.257 e. The molecule has 2 amide bonds. The molecule has 0 unspecified atom stereocenters. The zero-order chi connectivity index (χ0) is 21.7. The maximum absolute atomic E-state index is 13.1. The second-order valence-corrected chi connectivity index (χ2v) is 10.1. The van der Waals surface area contributed by atoms with Crippen LogP contribution in [0.1, 0.15) is 54.4 Å². The first-order valence-electron chi connectivity index (χ1n) is 11.7. The zero-order valence-electron chi connectivity index (χ0n) is 18.1. The molecule has 1 aromatic heterocycles. The summed E-state index contributed by atoms with van der Waals surface area (Å²) < 4.78 is 0. The third kappa shape index (κ3) is 3.48. The van der Waals surface area contributed by atoms with Gasteiger partial charge in [-0.1, -0.05) is 24.3 Å². The number of carbonyl (C=O) groups is 2. The lowest BCUT2D eigenvalue weighted by Gasteiger charge is -2.55. The molecule has 4 saturated carbocycles. The Morgan fingerprint density at radius 3 is 2.25 bits per heavy atom. The minimum atomic E-state index is -0.215. The van der Waals surface area contributed by atoms with Crippen molar-refractivity contribution in [3.63, 3.8) is 0 Å². The van der Waals surface area contributed by atoms with Gasteiger partial charge in [0.25, 0.3) is 5.91 Å². The molecule has 32 heavy (non-hydrogen) atoms. The van der Waals surface area contributed by atoms with Gasteiger partial charge in [0, 0.05) is 17.5 Å². The first kappa shape index (κ1) is 19.5. The highest BCUT2D eigenvalue weighted by atomic mass is 16.2. The molecule has 6 nitrogen and oxygen atoms in total. The minimum absolute atomic E-state index is 0.124. The summed E-state index contributed by atoms with van der Waals surface area (Å²) >= 11 is 0. The normalized spacial score (nSPS) is 28.1. The molecule has 0 radical (unpaired) electrons. The van der Waals surface area contributed by atoms with Gasteiger partial charge in [-0.2, -0.15) is 0 Å². The third-order valence-corrected chi connectivity index (χ3v) is 7.81. The van der Waals surface area contributed by atoms with Gasteiger partial charge in [-0.05, 0) is 86.1 Å². The fourth-order valence-electron chi connectivity index (χ4n) is 6.72. The molecule has 4 fully saturated rings. The van der Waals surface area contributed by atoms with Gasteiger partial charge in [0.1, 0.15) is 0 Å². The molecule has 0 saturated heterocycles. The van der Waals surface area contributed by atoms with E-state index in [0.717, 1.165) is 53.6 Å². The Morgan fingerprint density at radius 2 is 1.59 bits per heavy atom. The van der Waals surface area contributed by atoms with Crippen LogP contribution in [0.15, 0.2) is 48.5 Å². The quantitative estimate of drug-likeness (QED) is 0.553. The summed E-state index contributed by atoms with van der Waals surface area (Å²) in [6.45, 7) is 0.506. The Morgan fingerprint density at radius 1 is 0.938 bits per heavy atom. The Balaban J connectivity index is 1.07. The number of benzene rings is 2. The number of anilines is 1. The van der Waals surface area contributed by atoms with E-state index in [1.165, 1.54) is 19.3 Å². The number of fused-ring (bicyclic) bond motifs is 1. The predicted molar refractivity (Wildman–Crippen MR) is 123 cm³/mol. The molecule has 4 aliphatic rings. The summed E-state index contributed by atoms with van der Waals surface area (Å²) in [4.78, 5) is 33.2. The van der Waals surface area contributed by atoms with Crippen LogP contribution in [0.4, 0.5) is 5.95 Å². The number of rotatable bonds is 5. The number of nitrogens with one attached hydrogen (secondary N) is 3. The van der Waals surface area contributed by atoms with E-state index in [4.69, 9.17) is 0 Å². The van der Waals surface area contributed by atoms with Gasteiger partial charge >= 0.3 is 0 Å². The van der Waals surface area contributed by atoms with Crippen LogP contribution in [-0.4, -0.2) is 21.8 Å². The largest absolute Gasteiger partial charge is 0.352 e. The number of hydrogen-bond acceptors (Lipinski definition) is 3. The molecule has 3 N–H and O–H groups in total. The number of hydrogen-bond donors (Lipinski definition) is 3. The second-order valence-electron chi connectivity index (χ2n) is 10.1. The molecule has 164 valence electrons. The monoisotopic (exact) mass is 428 g/mol. The van der Waals surface area contributed by atoms with Gasteiger partial charge < -0.3 is 10.3 Å². The van der Waals surface area contributed by atoms with E-state index in [1.54, 1.807) is 12.1 Å². The van der Waals surface area contributed by atoms with Crippen molar-refractivity contribution >= 4 is 28.8 Å². The molecule has 4 bridgehead atoms. The maximum atomic E-state index is 13.1. The van der Waals surface area contributed by atoms with E-state index in [2.05, 4.69) is 20.6 Å². The van der Waals surface area contributed by atoms with Crippen molar-refractivity contribution in [2.24, 2.45) is 23.2 Å². The first-order chi connectivity index (χ1) is 15.6. The summed E-state index contributed by atoms with van der Waals surface area (Å²) in [5.41, 5.74) is 3.13. The number of aromatic nitrogens is 2. The number of aromatic amines is 1. The number of carbonyl (C=O) groups excluding carboxylic acids is 2. The van der Waals surface area contributed by atoms with Crippen LogP contribution >= 0.6 is 0 Å². The fraction of sp³-hybridized carbons (Fsp3) is 0.423. The molecule has 0 atom stereocenters. The summed E-state index contributed by atoms with van der Waals surface area (Å²) in [5, 5.41) is 6.02. The lowest BCUT2D eigenvalue weighted by atomic mass is 9.49. The summed E-state index contributed by atoms with van der Waals surface area (Å²) in [6, 6.07) is 15.1. The standard InChI is InChI=1S/C26H28N4O2/c31-23(30-25-28-21-3-1-2-4-22(21)29-25)20-7-5-16(6-8-20)15-27-24(32)26-12-17-9-18(13-26)11-19(10-17)14-26/h1-8,17-19H,9-15H2,(H,27,32)(H2,28,29,30,31). The van der Waals surface area contributed by atoms with Gasteiger partial charge in [-0.3, -0.25) is 14.9 Å². The average Bonchev–Trinajstić information content (AvgIpc) is 3.19. The van der Waals surface area contributed by atoms with E-state index in [9.17, 15) is 9.59 Å². The molecule has 4 aliphatic carbocycles. The van der Waals surface area contributed by atoms with Crippen LogP contribution in [0.3, 0.4) is 0 Å². The zero-order valence-corrected chi connectivity index (χ0v) is 18.1. The third-order valence-electron chi connectivity index (χ3n) is 7.81. The topological polar surface area (TPSA) is 86.9 Å². The SMILES string of the molecule is O=C(Nc1nc2ccccc2[nH]1)c1ccc(CNC(=O)C23CC4CC(CC(C4)C2)C3)cc1. The number of para-hydroxylation sites is 2. The van der Waals surface area contributed by atoms with Crippen LogP contribution in [0.25, 0.3) is 11.0 Å². The highest BCUT2D eigenvalue weighted by Crippen LogP contribution is 2.60. The van der Waals surface area contributed by atoms with Crippen molar-refractivity contribution < 1.29 is 9.59 Å². The van der Waals surface area contributed by atoms with E-state index >= 15 is 0 Å². The summed E-state index contributed by atoms with van der Waals surface area (Å²) in [7, 11) is 0. The van der Waals surface area contributed by atoms with Crippen molar-refractivity contribution in [1.82, 2.24) is 15.3 Å². The lowest BCUT2D eigenvalue weighted by Crippen LogP contribution is -2.53. The van der Waals surface area contributed by atoms with E-state index in [-0.39, 0.29) is 17.2 Å². The predicted octanol–water partition coefficient (Wildman–Crippen LogP) is 4.65. The average molecular weight is 429 g/mol. The van der Waals surface area contributed by atoms with Crippen molar-refractivity contribution in [2.45, 2.75) is 45.1 Å². The molecular formula is C26H28N4O2. The van der Waals surface area contributed by atoms with E-state index in [1.807, 2.05) is 36.4 Å². The van der Waals surface area contributed by atoms with Crippen molar-refractivity contribution in [3.8, 4) is 0 Å². The highest BCUT2D eigenvalue weighted by Gasteiger charge is 2.54. The highest BCUT2D eigenvalue weighted by molar-refractivity contribution is 6.04. The van der Waals surface area contributed by atoms with Gasteiger partial charge in [-0.25, -0.2) is 4.98 Å². The van der Waals surface area contributed by atoms with Crippen LogP contribution in [0.2, 0.25) is 0 Å². The van der Waals surface area contributed by atoms with Crippen molar-refractivity contribution in [2.75, 3.05) is 5.32 Å². The van der Waals surface area contributed by atoms with E-state index < -0.39 is 0 Å². The minimum Gasteiger partial charge on any atom is -0.352 e. The van der Waals surface area contributed by atoms with Crippen LogP contribution < -0.4 is 10.6 Å². The lowest BCUT2D eigenvalue weighted by molar-refractivity contribution is -0.146. The molecule has 2 aromatic carbocycles. The van der Waals surface area contributed by atoms with Gasteiger partial charge in [-0.15, -0.1) is 0 Å². The Kier molecular flexibility index (Phi) is 4.56. The van der Waals surface area contributed by atoms with Gasteiger partial charge in [0.15, 0.2) is 0 Å². The molecule has 0 spiro atoms. The van der Waals surface area contributed by atoms with Gasteiger partial charge in [0.05, 0.1) is 11.0 Å². The number of H-pyrrole nitrogens is 1. The first-order valence-corrected chi connectivity index (χ1v) is 11.7. The van der Waals surface area contributed by atoms with Crippen LogP contribution in [0, 0.1) is 23.2 Å². The van der Waals surface area contributed by atoms with E-state index in [0.29, 0.717) is 18.1 Å². The molecule has 7 rings (SSSR count). The van der Waals surface area contributed by atoms with Crippen LogP contribution in [0.5, 0.6) is 0 Å². The fourth-order valence-corrected chi connectivity index (χ4v) is 6.72. The molecule has 6 heteroatoms. The smallest absolute Gasteiger partial charge is 0.257 e. The Bertz CT molecular complexity index is 1110. The molecular weight excluding hydrogens is 400 g/mol. The molecule has 1 heterocycles. The molecule has 3 aromatic rings. The van der Waals surface area contributed by atoms with Gasteiger partial charge in [0.2, 0.25) is 11.9 Å². The van der Waals surface area contributed by atoms with Crippen LogP contribution in [-0.2, 0) is 11.3 Å². The number of amides is 2. The van der Waals surface area contributed by atoms with Crippen molar-refractivity contribution in [3.05, 3.63) is 59.7 Å². The second kappa shape index (κ2) is 7.47. The number of nitrogens with zero attached hydrogens (tertiary/aromatic N) is 1. The summed E-state index contributed by atoms with van der Waals surface area (Å²) in [5.74, 6) is 2.74.